The summed E-state index contributed by atoms with van der Waals surface area (Å²) in [6, 6.07) is 0. The molecule has 1 aliphatic heterocycles. The van der Waals surface area contributed by atoms with Gasteiger partial charge in [0.2, 0.25) is 0 Å². The van der Waals surface area contributed by atoms with Crippen LogP contribution in [0.4, 0.5) is 0 Å². The zero-order chi connectivity index (χ0) is 11.3. The first-order chi connectivity index (χ1) is 7.05. The lowest BCUT2D eigenvalue weighted by molar-refractivity contribution is 0.304. The smallest absolute Gasteiger partial charge is 0.150 e. The maximum Gasteiger partial charge on any atom is 0.150 e. The van der Waals surface area contributed by atoms with E-state index in [4.69, 9.17) is 0 Å². The monoisotopic (exact) mass is 232 g/mol. The highest BCUT2D eigenvalue weighted by molar-refractivity contribution is 7.91. The third-order valence-electron chi connectivity index (χ3n) is 3.67. The molecule has 1 aliphatic rings. The third kappa shape index (κ3) is 4.54. The van der Waals surface area contributed by atoms with Gasteiger partial charge >= 0.3 is 0 Å². The quantitative estimate of drug-likeness (QED) is 0.683. The summed E-state index contributed by atoms with van der Waals surface area (Å²) in [6.07, 6.45) is 6.96. The number of hydrogen-bond donors (Lipinski definition) is 0. The molecule has 0 saturated carbocycles. The molecule has 0 aromatic rings. The van der Waals surface area contributed by atoms with E-state index in [9.17, 15) is 8.42 Å². The minimum absolute atomic E-state index is 0.426. The summed E-state index contributed by atoms with van der Waals surface area (Å²) < 4.78 is 22.6. The van der Waals surface area contributed by atoms with Crippen molar-refractivity contribution in [2.45, 2.75) is 52.4 Å². The van der Waals surface area contributed by atoms with Crippen LogP contribution in [0.3, 0.4) is 0 Å². The zero-order valence-electron chi connectivity index (χ0n) is 10.0. The molecule has 0 aliphatic carbocycles. The molecular formula is C12H24O2S. The highest BCUT2D eigenvalue weighted by atomic mass is 32.2. The van der Waals surface area contributed by atoms with Gasteiger partial charge in [-0.15, -0.1) is 0 Å². The van der Waals surface area contributed by atoms with Gasteiger partial charge in [0, 0.05) is 0 Å². The molecule has 90 valence electrons. The van der Waals surface area contributed by atoms with Gasteiger partial charge in [0.15, 0.2) is 0 Å². The molecular weight excluding hydrogens is 208 g/mol. The first-order valence-electron chi connectivity index (χ1n) is 6.25. The van der Waals surface area contributed by atoms with Gasteiger partial charge in [-0.1, -0.05) is 39.5 Å². The predicted octanol–water partition coefficient (Wildman–Crippen LogP) is 3.03. The first kappa shape index (κ1) is 13.0. The van der Waals surface area contributed by atoms with Gasteiger partial charge in [-0.2, -0.15) is 0 Å². The zero-order valence-corrected chi connectivity index (χ0v) is 10.9. The minimum Gasteiger partial charge on any atom is -0.229 e. The second-order valence-electron chi connectivity index (χ2n) is 4.96. The number of sulfone groups is 1. The van der Waals surface area contributed by atoms with E-state index in [1.807, 2.05) is 0 Å². The van der Waals surface area contributed by atoms with Crippen molar-refractivity contribution >= 4 is 9.84 Å². The largest absolute Gasteiger partial charge is 0.229 e. The van der Waals surface area contributed by atoms with E-state index in [2.05, 4.69) is 13.8 Å². The average Bonchev–Trinajstić information content (AvgIpc) is 2.18. The maximum absolute atomic E-state index is 11.3. The second-order valence-corrected chi connectivity index (χ2v) is 7.27. The van der Waals surface area contributed by atoms with E-state index in [1.54, 1.807) is 0 Å². The van der Waals surface area contributed by atoms with Gasteiger partial charge in [0.05, 0.1) is 11.5 Å². The molecule has 0 aromatic carbocycles. The van der Waals surface area contributed by atoms with Crippen LogP contribution in [0.25, 0.3) is 0 Å². The Hall–Kier alpha value is -0.0500. The Morgan fingerprint density at radius 1 is 1.20 bits per heavy atom. The van der Waals surface area contributed by atoms with Crippen molar-refractivity contribution in [2.24, 2.45) is 11.8 Å². The van der Waals surface area contributed by atoms with Gasteiger partial charge in [0.25, 0.3) is 0 Å². The Balaban J connectivity index is 2.27. The van der Waals surface area contributed by atoms with Crippen molar-refractivity contribution in [3.8, 4) is 0 Å². The summed E-state index contributed by atoms with van der Waals surface area (Å²) in [5, 5.41) is 0. The highest BCUT2D eigenvalue weighted by Gasteiger charge is 2.26. The summed E-state index contributed by atoms with van der Waals surface area (Å²) in [7, 11) is -2.67. The molecule has 0 aromatic heterocycles. The molecule has 0 bridgehead atoms. The van der Waals surface area contributed by atoms with Crippen molar-refractivity contribution < 1.29 is 8.42 Å². The molecule has 1 heterocycles. The maximum atomic E-state index is 11.3. The molecule has 2 nitrogen and oxygen atoms in total. The van der Waals surface area contributed by atoms with Crippen LogP contribution in [0, 0.1) is 11.8 Å². The number of unbranched alkanes of at least 4 members (excludes halogenated alkanes) is 2. The lowest BCUT2D eigenvalue weighted by Crippen LogP contribution is -2.27. The molecule has 0 spiro atoms. The van der Waals surface area contributed by atoms with E-state index in [1.165, 1.54) is 25.7 Å². The summed E-state index contributed by atoms with van der Waals surface area (Å²) in [5.74, 6) is 2.23. The van der Waals surface area contributed by atoms with E-state index < -0.39 is 9.84 Å². The van der Waals surface area contributed by atoms with Gasteiger partial charge in [-0.3, -0.25) is 0 Å². The van der Waals surface area contributed by atoms with E-state index >= 15 is 0 Å². The molecule has 3 heteroatoms. The molecule has 15 heavy (non-hydrogen) atoms. The normalized spacial score (nSPS) is 23.9. The van der Waals surface area contributed by atoms with Gasteiger partial charge in [-0.25, -0.2) is 8.42 Å². The van der Waals surface area contributed by atoms with Crippen LogP contribution in [0.1, 0.15) is 52.4 Å². The van der Waals surface area contributed by atoms with Crippen molar-refractivity contribution in [1.82, 2.24) is 0 Å². The standard InChI is InChI=1S/C12H24O2S/c1-3-4-5-6-11(2)12-7-9-15(13,14)10-8-12/h11-12H,3-10H2,1-2H3. The molecule has 1 unspecified atom stereocenters. The third-order valence-corrected chi connectivity index (χ3v) is 5.38. The van der Waals surface area contributed by atoms with Gasteiger partial charge in [0.1, 0.15) is 9.84 Å². The fourth-order valence-corrected chi connectivity index (χ4v) is 3.96. The fourth-order valence-electron chi connectivity index (χ4n) is 2.43. The summed E-state index contributed by atoms with van der Waals surface area (Å²) in [5.41, 5.74) is 0. The van der Waals surface area contributed by atoms with Crippen LogP contribution in [0.5, 0.6) is 0 Å². The molecule has 0 radical (unpaired) electrons. The highest BCUT2D eigenvalue weighted by Crippen LogP contribution is 2.29. The van der Waals surface area contributed by atoms with Gasteiger partial charge in [-0.05, 0) is 24.7 Å². The lowest BCUT2D eigenvalue weighted by Gasteiger charge is -2.27. The van der Waals surface area contributed by atoms with E-state index in [0.717, 1.165) is 12.8 Å². The first-order valence-corrected chi connectivity index (χ1v) is 8.07. The SMILES string of the molecule is CCCCCC(C)C1CCS(=O)(=O)CC1. The Bertz CT molecular complexity index is 255. The number of rotatable bonds is 5. The van der Waals surface area contributed by atoms with Crippen LogP contribution in [-0.4, -0.2) is 19.9 Å². The summed E-state index contributed by atoms with van der Waals surface area (Å²) in [4.78, 5) is 0. The van der Waals surface area contributed by atoms with Crippen LogP contribution in [0.2, 0.25) is 0 Å². The minimum atomic E-state index is -2.67. The fraction of sp³-hybridized carbons (Fsp3) is 1.00. The van der Waals surface area contributed by atoms with Crippen molar-refractivity contribution in [2.75, 3.05) is 11.5 Å². The second kappa shape index (κ2) is 5.88. The summed E-state index contributed by atoms with van der Waals surface area (Å²) in [6.45, 7) is 4.51. The lowest BCUT2D eigenvalue weighted by atomic mass is 9.85. The topological polar surface area (TPSA) is 34.1 Å². The van der Waals surface area contributed by atoms with Gasteiger partial charge < -0.3 is 0 Å². The van der Waals surface area contributed by atoms with Crippen molar-refractivity contribution in [3.05, 3.63) is 0 Å². The molecule has 1 atom stereocenters. The van der Waals surface area contributed by atoms with Crippen LogP contribution in [-0.2, 0) is 9.84 Å². The Morgan fingerprint density at radius 2 is 1.80 bits per heavy atom. The van der Waals surface area contributed by atoms with E-state index in [0.29, 0.717) is 23.3 Å². The van der Waals surface area contributed by atoms with E-state index in [-0.39, 0.29) is 0 Å². The summed E-state index contributed by atoms with van der Waals surface area (Å²) >= 11 is 0. The molecule has 1 fully saturated rings. The molecule has 0 amide bonds. The predicted molar refractivity (Wildman–Crippen MR) is 64.7 cm³/mol. The Labute approximate surface area is 94.4 Å². The Kier molecular flexibility index (Phi) is 5.10. The molecule has 1 saturated heterocycles. The average molecular weight is 232 g/mol. The molecule has 0 N–H and O–H groups in total. The van der Waals surface area contributed by atoms with Crippen LogP contribution < -0.4 is 0 Å². The number of hydrogen-bond acceptors (Lipinski definition) is 2. The van der Waals surface area contributed by atoms with Crippen molar-refractivity contribution in [3.63, 3.8) is 0 Å². The van der Waals surface area contributed by atoms with Crippen LogP contribution in [0.15, 0.2) is 0 Å². The van der Waals surface area contributed by atoms with Crippen LogP contribution >= 0.6 is 0 Å². The Morgan fingerprint density at radius 3 is 2.33 bits per heavy atom. The van der Waals surface area contributed by atoms with Crippen molar-refractivity contribution in [1.29, 1.82) is 0 Å². The molecule has 1 rings (SSSR count).